The van der Waals surface area contributed by atoms with Crippen molar-refractivity contribution in [1.29, 1.82) is 0 Å². The van der Waals surface area contributed by atoms with Gasteiger partial charge in [-0.3, -0.25) is 0 Å². The highest BCUT2D eigenvalue weighted by Crippen LogP contribution is 2.31. The van der Waals surface area contributed by atoms with Crippen LogP contribution in [0.25, 0.3) is 0 Å². The molecule has 0 aliphatic carbocycles. The van der Waals surface area contributed by atoms with Gasteiger partial charge in [-0.2, -0.15) is 18.3 Å². The number of aliphatic imine (C=N–C) groups is 1. The Kier molecular flexibility index (Phi) is 8.78. The Morgan fingerprint density at radius 3 is 2.22 bits per heavy atom. The lowest BCUT2D eigenvalue weighted by molar-refractivity contribution is -0.137. The van der Waals surface area contributed by atoms with Crippen LogP contribution in [0.3, 0.4) is 0 Å². The number of nitrogens with zero attached hydrogens (tertiary/aromatic N) is 3. The summed E-state index contributed by atoms with van der Waals surface area (Å²) in [6, 6.07) is 19.1. The number of hydrazone groups is 1. The Morgan fingerprint density at radius 1 is 1.05 bits per heavy atom. The highest BCUT2D eigenvalue weighted by atomic mass is 35.5. The van der Waals surface area contributed by atoms with Gasteiger partial charge in [-0.15, -0.1) is 0 Å². The number of halogens is 4. The molecule has 0 saturated carbocycles. The third-order valence-corrected chi connectivity index (χ3v) is 9.14. The van der Waals surface area contributed by atoms with Crippen LogP contribution in [0.1, 0.15) is 29.5 Å². The molecule has 0 spiro atoms. The molecule has 0 unspecified atom stereocenters. The maximum Gasteiger partial charge on any atom is 0.416 e. The van der Waals surface area contributed by atoms with Crippen molar-refractivity contribution in [3.05, 3.63) is 101 Å². The fraction of sp³-hybridized carbons (Fsp3) is 0.231. The number of alkyl halides is 3. The maximum absolute atomic E-state index is 13.2. The molecule has 3 aromatic carbocycles. The van der Waals surface area contributed by atoms with Crippen LogP contribution in [-0.4, -0.2) is 51.9 Å². The molecule has 0 radical (unpaired) electrons. The fourth-order valence-electron chi connectivity index (χ4n) is 3.95. The number of nitrogens with one attached hydrogen (secondary N) is 1. The molecule has 1 heterocycles. The van der Waals surface area contributed by atoms with Gasteiger partial charge in [0.15, 0.2) is 0 Å². The van der Waals surface area contributed by atoms with E-state index in [1.54, 1.807) is 24.3 Å². The lowest BCUT2D eigenvalue weighted by Gasteiger charge is -2.20. The Bertz CT molecular complexity index is 1660. The minimum Gasteiger partial charge on any atom is -0.249 e. The van der Waals surface area contributed by atoms with E-state index < -0.39 is 48.5 Å². The Morgan fingerprint density at radius 2 is 1.66 bits per heavy atom. The minimum absolute atomic E-state index is 0.111. The van der Waals surface area contributed by atoms with Crippen LogP contribution in [0.2, 0.25) is 5.02 Å². The molecule has 15 heteroatoms. The van der Waals surface area contributed by atoms with Crippen molar-refractivity contribution in [2.24, 2.45) is 15.2 Å². The number of sulfonamides is 2. The number of nitrogens with two attached hydrogens (primary N) is 1. The van der Waals surface area contributed by atoms with Crippen LogP contribution in [0.5, 0.6) is 0 Å². The molecule has 3 aromatic rings. The second kappa shape index (κ2) is 11.8. The highest BCUT2D eigenvalue weighted by Gasteiger charge is 2.34. The van der Waals surface area contributed by atoms with Crippen molar-refractivity contribution < 1.29 is 30.0 Å². The van der Waals surface area contributed by atoms with Gasteiger partial charge < -0.3 is 0 Å². The molecular weight excluding hydrogens is 603 g/mol. The molecule has 2 atom stereocenters. The van der Waals surface area contributed by atoms with Crippen molar-refractivity contribution in [1.82, 2.24) is 9.73 Å². The fourth-order valence-corrected chi connectivity index (χ4v) is 5.38. The molecule has 1 aliphatic heterocycles. The predicted molar refractivity (Wildman–Crippen MR) is 151 cm³/mol. The number of hydrogen-bond donors (Lipinski definition) is 2. The lowest BCUT2D eigenvalue weighted by Crippen LogP contribution is -2.42. The number of benzene rings is 3. The lowest BCUT2D eigenvalue weighted by atomic mass is 9.91. The normalized spacial score (nSPS) is 17.3. The quantitative estimate of drug-likeness (QED) is 0.300. The van der Waals surface area contributed by atoms with Gasteiger partial charge in [0.1, 0.15) is 0 Å². The standard InChI is InChI=1S/C26H25ClF3N5O4S2/c1-17(40(31,36)37)15-32-25(34-41(38,39)22-13-9-20(10-14-22)26(28,29)30)35-16-23(18-5-3-2-4-6-18)24(33-35)19-7-11-21(27)12-8-19/h2-14,17,23H,15-16H2,1H3,(H,32,34)(H2,31,36,37)/t17-,23-/m1/s1. The summed E-state index contributed by atoms with van der Waals surface area (Å²) in [5.41, 5.74) is 1.11. The first-order chi connectivity index (χ1) is 19.1. The first-order valence-electron chi connectivity index (χ1n) is 12.1. The summed E-state index contributed by atoms with van der Waals surface area (Å²) in [7, 11) is -8.48. The first-order valence-corrected chi connectivity index (χ1v) is 15.6. The molecule has 4 rings (SSSR count). The Balaban J connectivity index is 1.75. The molecule has 1 aliphatic rings. The monoisotopic (exact) mass is 627 g/mol. The molecule has 41 heavy (non-hydrogen) atoms. The van der Waals surface area contributed by atoms with E-state index in [0.717, 1.165) is 17.7 Å². The summed E-state index contributed by atoms with van der Waals surface area (Å²) in [6.45, 7) is 1.00. The van der Waals surface area contributed by atoms with Crippen LogP contribution >= 0.6 is 11.6 Å². The van der Waals surface area contributed by atoms with E-state index >= 15 is 0 Å². The molecule has 0 amide bonds. The zero-order chi connectivity index (χ0) is 30.0. The van der Waals surface area contributed by atoms with Gasteiger partial charge in [-0.05, 0) is 54.4 Å². The SMILES string of the molecule is C[C@H](C/N=C(/NS(=O)(=O)c1ccc(C(F)(F)F)cc1)N1C[C@H](c2ccccc2)C(c2ccc(Cl)cc2)=N1)S(N)(=O)=O. The van der Waals surface area contributed by atoms with Gasteiger partial charge in [0.05, 0.1) is 34.5 Å². The largest absolute Gasteiger partial charge is 0.416 e. The summed E-state index contributed by atoms with van der Waals surface area (Å²) in [5, 5.41) is 10.5. The van der Waals surface area contributed by atoms with Crippen molar-refractivity contribution in [3.8, 4) is 0 Å². The topological polar surface area (TPSA) is 134 Å². The maximum atomic E-state index is 13.2. The Hall–Kier alpha value is -3.46. The van der Waals surface area contributed by atoms with Gasteiger partial charge in [0, 0.05) is 10.9 Å². The highest BCUT2D eigenvalue weighted by molar-refractivity contribution is 7.90. The van der Waals surface area contributed by atoms with E-state index in [4.69, 9.17) is 16.7 Å². The third kappa shape index (κ3) is 7.44. The van der Waals surface area contributed by atoms with Crippen molar-refractivity contribution in [3.63, 3.8) is 0 Å². The second-order valence-corrected chi connectivity index (χ2v) is 13.3. The molecule has 9 nitrogen and oxygen atoms in total. The van der Waals surface area contributed by atoms with Gasteiger partial charge in [-0.25, -0.2) is 36.7 Å². The summed E-state index contributed by atoms with van der Waals surface area (Å²) in [5.74, 6) is -0.681. The first kappa shape index (κ1) is 30.5. The predicted octanol–water partition coefficient (Wildman–Crippen LogP) is 4.17. The molecule has 218 valence electrons. The van der Waals surface area contributed by atoms with Crippen LogP contribution in [-0.2, 0) is 26.2 Å². The summed E-state index contributed by atoms with van der Waals surface area (Å²) < 4.78 is 91.4. The molecule has 0 aromatic heterocycles. The van der Waals surface area contributed by atoms with E-state index in [-0.39, 0.29) is 18.4 Å². The molecule has 0 fully saturated rings. The van der Waals surface area contributed by atoms with E-state index in [0.29, 0.717) is 28.4 Å². The average Bonchev–Trinajstić information content (AvgIpc) is 3.36. The molecule has 3 N–H and O–H groups in total. The number of hydrogen-bond acceptors (Lipinski definition) is 6. The molecule has 0 saturated heterocycles. The van der Waals surface area contributed by atoms with Gasteiger partial charge in [-0.1, -0.05) is 54.1 Å². The van der Waals surface area contributed by atoms with Crippen LogP contribution < -0.4 is 9.86 Å². The van der Waals surface area contributed by atoms with E-state index in [9.17, 15) is 30.0 Å². The van der Waals surface area contributed by atoms with Gasteiger partial charge in [0.25, 0.3) is 10.0 Å². The van der Waals surface area contributed by atoms with Gasteiger partial charge >= 0.3 is 6.18 Å². The van der Waals surface area contributed by atoms with Crippen LogP contribution in [0, 0.1) is 0 Å². The summed E-state index contributed by atoms with van der Waals surface area (Å²) in [6.07, 6.45) is -4.65. The third-order valence-electron chi connectivity index (χ3n) is 6.28. The van der Waals surface area contributed by atoms with E-state index in [1.165, 1.54) is 11.9 Å². The van der Waals surface area contributed by atoms with E-state index in [2.05, 4.69) is 14.8 Å². The smallest absolute Gasteiger partial charge is 0.249 e. The van der Waals surface area contributed by atoms with Crippen LogP contribution in [0.4, 0.5) is 13.2 Å². The Labute approximate surface area is 240 Å². The van der Waals surface area contributed by atoms with Crippen molar-refractivity contribution in [2.45, 2.75) is 29.2 Å². The van der Waals surface area contributed by atoms with Crippen LogP contribution in [0.15, 0.2) is 93.9 Å². The van der Waals surface area contributed by atoms with Crippen molar-refractivity contribution >= 4 is 43.3 Å². The summed E-state index contributed by atoms with van der Waals surface area (Å²) >= 11 is 6.06. The minimum atomic E-state index is -4.65. The molecular formula is C26H25ClF3N5O4S2. The molecule has 0 bridgehead atoms. The number of primary sulfonamides is 1. The van der Waals surface area contributed by atoms with Crippen molar-refractivity contribution in [2.75, 3.05) is 13.1 Å². The zero-order valence-corrected chi connectivity index (χ0v) is 23.8. The number of guanidine groups is 1. The van der Waals surface area contributed by atoms with Gasteiger partial charge in [0.2, 0.25) is 16.0 Å². The second-order valence-electron chi connectivity index (χ2n) is 9.23. The van der Waals surface area contributed by atoms with E-state index in [1.807, 2.05) is 30.3 Å². The summed E-state index contributed by atoms with van der Waals surface area (Å²) in [4.78, 5) is 3.74. The average molecular weight is 628 g/mol. The zero-order valence-electron chi connectivity index (χ0n) is 21.5. The number of rotatable bonds is 7.